The monoisotopic (exact) mass is 384 g/mol. The van der Waals surface area contributed by atoms with E-state index in [1.165, 1.54) is 0 Å². The molecule has 2 atom stereocenters. The van der Waals surface area contributed by atoms with Gasteiger partial charge in [-0.25, -0.2) is 0 Å². The van der Waals surface area contributed by atoms with Crippen molar-refractivity contribution in [3.63, 3.8) is 0 Å². The highest BCUT2D eigenvalue weighted by Crippen LogP contribution is 2.29. The third-order valence-corrected chi connectivity index (χ3v) is 5.52. The second-order valence-corrected chi connectivity index (χ2v) is 7.47. The van der Waals surface area contributed by atoms with Gasteiger partial charge >= 0.3 is 0 Å². The number of hydrogen-bond acceptors (Lipinski definition) is 2. The van der Waals surface area contributed by atoms with Crippen molar-refractivity contribution in [1.82, 2.24) is 4.90 Å². The van der Waals surface area contributed by atoms with Crippen LogP contribution in [0.1, 0.15) is 24.9 Å². The van der Waals surface area contributed by atoms with E-state index >= 15 is 0 Å². The van der Waals surface area contributed by atoms with Crippen LogP contribution in [0.3, 0.4) is 0 Å². The fourth-order valence-electron chi connectivity index (χ4n) is 3.84. The molecule has 1 N–H and O–H groups in total. The molecule has 29 heavy (non-hydrogen) atoms. The van der Waals surface area contributed by atoms with E-state index in [1.807, 2.05) is 91.9 Å². The van der Waals surface area contributed by atoms with Crippen molar-refractivity contribution in [2.75, 3.05) is 11.9 Å². The van der Waals surface area contributed by atoms with Gasteiger partial charge in [-0.15, -0.1) is 0 Å². The first kappa shape index (κ1) is 18.9. The van der Waals surface area contributed by atoms with Gasteiger partial charge in [0.2, 0.25) is 11.8 Å². The highest BCUT2D eigenvalue weighted by molar-refractivity contribution is 5.97. The third-order valence-electron chi connectivity index (χ3n) is 5.52. The molecule has 1 fully saturated rings. The fraction of sp³-hybridized carbons (Fsp3) is 0.200. The quantitative estimate of drug-likeness (QED) is 0.680. The maximum absolute atomic E-state index is 12.8. The zero-order chi connectivity index (χ0) is 20.2. The Labute approximate surface area is 171 Å². The molecule has 3 aromatic carbocycles. The molecule has 0 radical (unpaired) electrons. The molecule has 0 aliphatic carbocycles. The van der Waals surface area contributed by atoms with E-state index in [-0.39, 0.29) is 30.2 Å². The van der Waals surface area contributed by atoms with Crippen LogP contribution >= 0.6 is 0 Å². The molecule has 0 bridgehead atoms. The van der Waals surface area contributed by atoms with Gasteiger partial charge in [-0.1, -0.05) is 72.8 Å². The number of amides is 2. The lowest BCUT2D eigenvalue weighted by Gasteiger charge is -2.25. The Kier molecular flexibility index (Phi) is 5.43. The average Bonchev–Trinajstić information content (AvgIpc) is 3.16. The van der Waals surface area contributed by atoms with Crippen LogP contribution < -0.4 is 5.32 Å². The smallest absolute Gasteiger partial charge is 0.229 e. The normalized spacial score (nSPS) is 17.2. The van der Waals surface area contributed by atoms with E-state index < -0.39 is 0 Å². The van der Waals surface area contributed by atoms with Gasteiger partial charge in [-0.2, -0.15) is 0 Å². The summed E-state index contributed by atoms with van der Waals surface area (Å²) in [4.78, 5) is 27.2. The SMILES string of the molecule is CC(c1ccccc1)N1CC(C(=O)Nc2cccc(-c3ccccc3)c2)CC1=O. The van der Waals surface area contributed by atoms with Crippen LogP contribution in [0.5, 0.6) is 0 Å². The van der Waals surface area contributed by atoms with Crippen molar-refractivity contribution in [1.29, 1.82) is 0 Å². The molecule has 4 nitrogen and oxygen atoms in total. The number of nitrogens with zero attached hydrogens (tertiary/aromatic N) is 1. The summed E-state index contributed by atoms with van der Waals surface area (Å²) in [6.45, 7) is 2.45. The Morgan fingerprint density at radius 2 is 1.59 bits per heavy atom. The second-order valence-electron chi connectivity index (χ2n) is 7.47. The Balaban J connectivity index is 1.44. The van der Waals surface area contributed by atoms with Crippen LogP contribution in [0.25, 0.3) is 11.1 Å². The first-order chi connectivity index (χ1) is 14.1. The Hall–Kier alpha value is -3.40. The van der Waals surface area contributed by atoms with Crippen LogP contribution in [0.15, 0.2) is 84.9 Å². The van der Waals surface area contributed by atoms with Crippen molar-refractivity contribution in [3.05, 3.63) is 90.5 Å². The van der Waals surface area contributed by atoms with E-state index in [1.54, 1.807) is 4.90 Å². The van der Waals surface area contributed by atoms with Crippen molar-refractivity contribution >= 4 is 17.5 Å². The minimum absolute atomic E-state index is 0.0274. The van der Waals surface area contributed by atoms with Crippen LogP contribution in [0.2, 0.25) is 0 Å². The topological polar surface area (TPSA) is 49.4 Å². The third kappa shape index (κ3) is 4.21. The molecule has 4 heteroatoms. The number of carbonyl (C=O) groups is 2. The van der Waals surface area contributed by atoms with Gasteiger partial charge in [-0.3, -0.25) is 9.59 Å². The summed E-state index contributed by atoms with van der Waals surface area (Å²) in [5, 5.41) is 3.00. The molecule has 3 aromatic rings. The highest BCUT2D eigenvalue weighted by atomic mass is 16.2. The summed E-state index contributed by atoms with van der Waals surface area (Å²) in [7, 11) is 0. The summed E-state index contributed by atoms with van der Waals surface area (Å²) in [5.41, 5.74) is 3.98. The molecule has 1 aliphatic heterocycles. The lowest BCUT2D eigenvalue weighted by atomic mass is 10.0. The van der Waals surface area contributed by atoms with Crippen LogP contribution in [-0.4, -0.2) is 23.3 Å². The minimum atomic E-state index is -0.339. The van der Waals surface area contributed by atoms with Crippen molar-refractivity contribution in [2.45, 2.75) is 19.4 Å². The van der Waals surface area contributed by atoms with E-state index in [0.29, 0.717) is 6.54 Å². The molecular weight excluding hydrogens is 360 g/mol. The van der Waals surface area contributed by atoms with Crippen LogP contribution in [0.4, 0.5) is 5.69 Å². The number of rotatable bonds is 5. The van der Waals surface area contributed by atoms with Gasteiger partial charge in [0, 0.05) is 18.7 Å². The van der Waals surface area contributed by atoms with Gasteiger partial charge in [0.1, 0.15) is 0 Å². The Morgan fingerprint density at radius 3 is 2.31 bits per heavy atom. The Bertz CT molecular complexity index is 1000. The Morgan fingerprint density at radius 1 is 0.931 bits per heavy atom. The van der Waals surface area contributed by atoms with Gasteiger partial charge in [0.25, 0.3) is 0 Å². The minimum Gasteiger partial charge on any atom is -0.335 e. The standard InChI is InChI=1S/C25H24N2O2/c1-18(19-9-4-2-5-10-19)27-17-22(16-24(27)28)25(29)26-23-14-8-13-21(15-23)20-11-6-3-7-12-20/h2-15,18,22H,16-17H2,1H3,(H,26,29). The lowest BCUT2D eigenvalue weighted by Crippen LogP contribution is -2.30. The first-order valence-electron chi connectivity index (χ1n) is 9.92. The highest BCUT2D eigenvalue weighted by Gasteiger charge is 2.37. The van der Waals surface area contributed by atoms with Gasteiger partial charge in [0.15, 0.2) is 0 Å². The maximum atomic E-state index is 12.8. The zero-order valence-electron chi connectivity index (χ0n) is 16.4. The predicted molar refractivity (Wildman–Crippen MR) is 115 cm³/mol. The number of nitrogens with one attached hydrogen (secondary N) is 1. The maximum Gasteiger partial charge on any atom is 0.229 e. The van der Waals surface area contributed by atoms with E-state index in [4.69, 9.17) is 0 Å². The van der Waals surface area contributed by atoms with E-state index in [9.17, 15) is 9.59 Å². The molecule has 2 amide bonds. The summed E-state index contributed by atoms with van der Waals surface area (Å²) in [5.74, 6) is -0.417. The second kappa shape index (κ2) is 8.31. The predicted octanol–water partition coefficient (Wildman–Crippen LogP) is 4.90. The average molecular weight is 384 g/mol. The summed E-state index contributed by atoms with van der Waals surface area (Å²) < 4.78 is 0. The molecule has 0 saturated carbocycles. The van der Waals surface area contributed by atoms with Crippen molar-refractivity contribution in [3.8, 4) is 11.1 Å². The molecule has 0 aromatic heterocycles. The number of hydrogen-bond donors (Lipinski definition) is 1. The summed E-state index contributed by atoms with van der Waals surface area (Å²) in [6.07, 6.45) is 0.251. The molecule has 1 saturated heterocycles. The first-order valence-corrected chi connectivity index (χ1v) is 9.92. The van der Waals surface area contributed by atoms with Gasteiger partial charge < -0.3 is 10.2 Å². The van der Waals surface area contributed by atoms with E-state index in [0.717, 1.165) is 22.4 Å². The lowest BCUT2D eigenvalue weighted by molar-refractivity contribution is -0.129. The van der Waals surface area contributed by atoms with Gasteiger partial charge in [0.05, 0.1) is 12.0 Å². The molecule has 146 valence electrons. The molecule has 0 spiro atoms. The summed E-state index contributed by atoms with van der Waals surface area (Å²) >= 11 is 0. The van der Waals surface area contributed by atoms with Crippen molar-refractivity contribution < 1.29 is 9.59 Å². The molecular formula is C25H24N2O2. The fourth-order valence-corrected chi connectivity index (χ4v) is 3.84. The molecule has 1 heterocycles. The number of anilines is 1. The van der Waals surface area contributed by atoms with E-state index in [2.05, 4.69) is 5.32 Å². The molecule has 2 unspecified atom stereocenters. The molecule has 4 rings (SSSR count). The summed E-state index contributed by atoms with van der Waals surface area (Å²) in [6, 6.07) is 27.7. The van der Waals surface area contributed by atoms with Crippen molar-refractivity contribution in [2.24, 2.45) is 5.92 Å². The number of likely N-dealkylation sites (tertiary alicyclic amines) is 1. The zero-order valence-corrected chi connectivity index (χ0v) is 16.4. The molecule has 1 aliphatic rings. The van der Waals surface area contributed by atoms with Crippen LogP contribution in [-0.2, 0) is 9.59 Å². The number of benzene rings is 3. The van der Waals surface area contributed by atoms with Crippen LogP contribution in [0, 0.1) is 5.92 Å². The number of carbonyl (C=O) groups excluding carboxylic acids is 2. The largest absolute Gasteiger partial charge is 0.335 e. The van der Waals surface area contributed by atoms with Gasteiger partial charge in [-0.05, 0) is 35.7 Å².